The number of hydrogen-bond acceptors (Lipinski definition) is 2. The molecule has 0 aliphatic rings. The van der Waals surface area contributed by atoms with Crippen molar-refractivity contribution in [2.45, 2.75) is 13.0 Å². The van der Waals surface area contributed by atoms with Crippen molar-refractivity contribution in [1.82, 2.24) is 5.32 Å². The molecule has 86 valence electrons. The Morgan fingerprint density at radius 1 is 1.56 bits per heavy atom. The van der Waals surface area contributed by atoms with Gasteiger partial charge in [0.15, 0.2) is 0 Å². The third-order valence-corrected chi connectivity index (χ3v) is 3.11. The molecular weight excluding hydrogens is 288 g/mol. The molecule has 1 rings (SSSR count). The zero-order chi connectivity index (χ0) is 12.0. The Balaban J connectivity index is 2.80. The zero-order valence-corrected chi connectivity index (χ0v) is 11.4. The highest BCUT2D eigenvalue weighted by atomic mass is 79.9. The summed E-state index contributed by atoms with van der Waals surface area (Å²) in [7, 11) is 0. The molecule has 1 aromatic carbocycles. The number of nitrogens with one attached hydrogen (secondary N) is 1. The van der Waals surface area contributed by atoms with Gasteiger partial charge in [-0.25, -0.2) is 0 Å². The minimum Gasteiger partial charge on any atom is -0.329 e. The molecule has 0 fully saturated rings. The highest BCUT2D eigenvalue weighted by Crippen LogP contribution is 2.26. The number of rotatable bonds is 4. The predicted octanol–water partition coefficient (Wildman–Crippen LogP) is 2.72. The fourth-order valence-electron chi connectivity index (χ4n) is 1.37. The van der Waals surface area contributed by atoms with Crippen molar-refractivity contribution in [2.24, 2.45) is 5.73 Å². The Kier molecular flexibility index (Phi) is 5.86. The first-order valence-electron chi connectivity index (χ1n) is 4.97. The predicted molar refractivity (Wildman–Crippen MR) is 72.4 cm³/mol. The van der Waals surface area contributed by atoms with E-state index in [-0.39, 0.29) is 6.04 Å². The molecule has 3 N–H and O–H groups in total. The van der Waals surface area contributed by atoms with Gasteiger partial charge in [-0.3, -0.25) is 5.32 Å². The SMILES string of the molecule is CC#CCNC(CN)c1ccc(Cl)cc1Br. The maximum atomic E-state index is 5.89. The molecule has 1 aromatic rings. The van der Waals surface area contributed by atoms with E-state index in [2.05, 4.69) is 33.1 Å². The van der Waals surface area contributed by atoms with Crippen LogP contribution in [0.5, 0.6) is 0 Å². The summed E-state index contributed by atoms with van der Waals surface area (Å²) in [6, 6.07) is 5.79. The van der Waals surface area contributed by atoms with Crippen molar-refractivity contribution in [3.8, 4) is 11.8 Å². The van der Waals surface area contributed by atoms with Crippen LogP contribution in [0.15, 0.2) is 22.7 Å². The first kappa shape index (κ1) is 13.5. The van der Waals surface area contributed by atoms with Crippen LogP contribution in [-0.2, 0) is 0 Å². The molecule has 0 heterocycles. The third-order valence-electron chi connectivity index (χ3n) is 2.19. The van der Waals surface area contributed by atoms with Gasteiger partial charge in [-0.05, 0) is 24.6 Å². The van der Waals surface area contributed by atoms with Crippen molar-refractivity contribution >= 4 is 27.5 Å². The molecule has 16 heavy (non-hydrogen) atoms. The molecule has 1 unspecified atom stereocenters. The van der Waals surface area contributed by atoms with Gasteiger partial charge in [0.1, 0.15) is 0 Å². The van der Waals surface area contributed by atoms with E-state index in [0.717, 1.165) is 10.0 Å². The minimum atomic E-state index is 0.0903. The van der Waals surface area contributed by atoms with Gasteiger partial charge in [0.25, 0.3) is 0 Å². The zero-order valence-electron chi connectivity index (χ0n) is 9.06. The van der Waals surface area contributed by atoms with Crippen LogP contribution in [-0.4, -0.2) is 13.1 Å². The van der Waals surface area contributed by atoms with Crippen LogP contribution in [0.4, 0.5) is 0 Å². The van der Waals surface area contributed by atoms with Crippen LogP contribution >= 0.6 is 27.5 Å². The summed E-state index contributed by atoms with van der Waals surface area (Å²) in [6.07, 6.45) is 0. The average Bonchev–Trinajstić information content (AvgIpc) is 2.26. The second-order valence-electron chi connectivity index (χ2n) is 3.26. The lowest BCUT2D eigenvalue weighted by atomic mass is 10.1. The fraction of sp³-hybridized carbons (Fsp3) is 0.333. The van der Waals surface area contributed by atoms with Crippen LogP contribution < -0.4 is 11.1 Å². The Labute approximate surface area is 110 Å². The lowest BCUT2D eigenvalue weighted by molar-refractivity contribution is 0.580. The number of halogens is 2. The van der Waals surface area contributed by atoms with E-state index in [0.29, 0.717) is 18.1 Å². The van der Waals surface area contributed by atoms with E-state index in [1.54, 1.807) is 0 Å². The summed E-state index contributed by atoms with van der Waals surface area (Å²) in [6.45, 7) is 2.97. The first-order chi connectivity index (χ1) is 7.69. The normalized spacial score (nSPS) is 11.8. The summed E-state index contributed by atoms with van der Waals surface area (Å²) in [5.41, 5.74) is 6.83. The molecule has 0 saturated carbocycles. The lowest BCUT2D eigenvalue weighted by Crippen LogP contribution is -2.28. The molecule has 2 nitrogen and oxygen atoms in total. The van der Waals surface area contributed by atoms with Gasteiger partial charge in [-0.1, -0.05) is 39.5 Å². The van der Waals surface area contributed by atoms with Crippen molar-refractivity contribution in [3.63, 3.8) is 0 Å². The topological polar surface area (TPSA) is 38.0 Å². The van der Waals surface area contributed by atoms with Gasteiger partial charge >= 0.3 is 0 Å². The smallest absolute Gasteiger partial charge is 0.0581 e. The van der Waals surface area contributed by atoms with Crippen LogP contribution in [0.25, 0.3) is 0 Å². The number of hydrogen-bond donors (Lipinski definition) is 2. The van der Waals surface area contributed by atoms with Crippen molar-refractivity contribution in [1.29, 1.82) is 0 Å². The Bertz CT molecular complexity index is 409. The van der Waals surface area contributed by atoms with Gasteiger partial charge in [0.2, 0.25) is 0 Å². The standard InChI is InChI=1S/C12H14BrClN2/c1-2-3-6-16-12(8-15)10-5-4-9(14)7-11(10)13/h4-5,7,12,16H,6,8,15H2,1H3. The maximum Gasteiger partial charge on any atom is 0.0581 e. The largest absolute Gasteiger partial charge is 0.329 e. The van der Waals surface area contributed by atoms with E-state index in [1.807, 2.05) is 25.1 Å². The summed E-state index contributed by atoms with van der Waals surface area (Å²) in [4.78, 5) is 0. The van der Waals surface area contributed by atoms with E-state index >= 15 is 0 Å². The van der Waals surface area contributed by atoms with Crippen molar-refractivity contribution < 1.29 is 0 Å². The molecular formula is C12H14BrClN2. The monoisotopic (exact) mass is 300 g/mol. The molecule has 0 aromatic heterocycles. The number of benzene rings is 1. The van der Waals surface area contributed by atoms with Gasteiger partial charge in [0, 0.05) is 22.1 Å². The van der Waals surface area contributed by atoms with Crippen LogP contribution in [0.2, 0.25) is 5.02 Å². The first-order valence-corrected chi connectivity index (χ1v) is 6.14. The number of nitrogens with two attached hydrogens (primary N) is 1. The molecule has 0 bridgehead atoms. The molecule has 0 radical (unpaired) electrons. The molecule has 0 aliphatic carbocycles. The summed E-state index contributed by atoms with van der Waals surface area (Å²) in [5, 5.41) is 3.98. The summed E-state index contributed by atoms with van der Waals surface area (Å²) < 4.78 is 0.965. The molecule has 0 aliphatic heterocycles. The van der Waals surface area contributed by atoms with Gasteiger partial charge < -0.3 is 5.73 Å². The van der Waals surface area contributed by atoms with Crippen molar-refractivity contribution in [2.75, 3.05) is 13.1 Å². The van der Waals surface area contributed by atoms with Crippen molar-refractivity contribution in [3.05, 3.63) is 33.3 Å². The molecule has 0 saturated heterocycles. The Hall–Kier alpha value is -0.530. The third kappa shape index (κ3) is 3.80. The molecule has 1 atom stereocenters. The Morgan fingerprint density at radius 2 is 2.31 bits per heavy atom. The highest BCUT2D eigenvalue weighted by Gasteiger charge is 2.11. The van der Waals surface area contributed by atoms with E-state index < -0.39 is 0 Å². The van der Waals surface area contributed by atoms with E-state index in [4.69, 9.17) is 17.3 Å². The quantitative estimate of drug-likeness (QED) is 0.839. The van der Waals surface area contributed by atoms with Gasteiger partial charge in [-0.15, -0.1) is 5.92 Å². The van der Waals surface area contributed by atoms with Gasteiger partial charge in [0.05, 0.1) is 6.54 Å². The van der Waals surface area contributed by atoms with Crippen LogP contribution in [0.1, 0.15) is 18.5 Å². The maximum absolute atomic E-state index is 5.89. The van der Waals surface area contributed by atoms with E-state index in [1.165, 1.54) is 0 Å². The minimum absolute atomic E-state index is 0.0903. The Morgan fingerprint density at radius 3 is 2.88 bits per heavy atom. The second kappa shape index (κ2) is 6.93. The van der Waals surface area contributed by atoms with Crippen LogP contribution in [0, 0.1) is 11.8 Å². The van der Waals surface area contributed by atoms with E-state index in [9.17, 15) is 0 Å². The lowest BCUT2D eigenvalue weighted by Gasteiger charge is -2.17. The summed E-state index contributed by atoms with van der Waals surface area (Å²) >= 11 is 9.37. The highest BCUT2D eigenvalue weighted by molar-refractivity contribution is 9.10. The fourth-order valence-corrected chi connectivity index (χ4v) is 2.33. The summed E-state index contributed by atoms with van der Waals surface area (Å²) in [5.74, 6) is 5.79. The van der Waals surface area contributed by atoms with Gasteiger partial charge in [-0.2, -0.15) is 0 Å². The molecule has 0 spiro atoms. The second-order valence-corrected chi connectivity index (χ2v) is 4.55. The molecule has 4 heteroatoms. The average molecular weight is 302 g/mol. The van der Waals surface area contributed by atoms with Crippen LogP contribution in [0.3, 0.4) is 0 Å². The molecule has 0 amide bonds.